The third-order valence-electron chi connectivity index (χ3n) is 2.44. The van der Waals surface area contributed by atoms with Gasteiger partial charge in [-0.25, -0.2) is 13.1 Å². The summed E-state index contributed by atoms with van der Waals surface area (Å²) in [5.74, 6) is -0.130. The third-order valence-corrected chi connectivity index (χ3v) is 4.09. The van der Waals surface area contributed by atoms with Crippen LogP contribution in [0.3, 0.4) is 0 Å². The summed E-state index contributed by atoms with van der Waals surface area (Å²) in [7, 11) is -3.61. The quantitative estimate of drug-likeness (QED) is 0.670. The Labute approximate surface area is 102 Å². The molecule has 17 heavy (non-hydrogen) atoms. The Bertz CT molecular complexity index is 465. The van der Waals surface area contributed by atoms with Gasteiger partial charge in [0.2, 0.25) is 10.0 Å². The van der Waals surface area contributed by atoms with Gasteiger partial charge in [0, 0.05) is 13.2 Å². The van der Waals surface area contributed by atoms with Gasteiger partial charge in [0.05, 0.1) is 5.69 Å². The second kappa shape index (κ2) is 5.48. The second-order valence-corrected chi connectivity index (χ2v) is 5.84. The Balaban J connectivity index is 2.98. The summed E-state index contributed by atoms with van der Waals surface area (Å²) in [5, 5.41) is 8.85. The molecule has 0 amide bonds. The van der Waals surface area contributed by atoms with Gasteiger partial charge in [-0.15, -0.1) is 0 Å². The average molecular weight is 258 g/mol. The topological polar surface area (TPSA) is 92.4 Å². The first-order valence-corrected chi connectivity index (χ1v) is 6.82. The number of aliphatic hydroxyl groups excluding tert-OH is 1. The van der Waals surface area contributed by atoms with Crippen molar-refractivity contribution in [2.24, 2.45) is 5.92 Å². The maximum absolute atomic E-state index is 12.0. The molecule has 0 aliphatic carbocycles. The molecule has 5 nitrogen and oxygen atoms in total. The van der Waals surface area contributed by atoms with Gasteiger partial charge in [-0.2, -0.15) is 0 Å². The molecule has 1 aromatic rings. The number of nitrogens with one attached hydrogen (secondary N) is 1. The Morgan fingerprint density at radius 1 is 1.47 bits per heavy atom. The first-order valence-electron chi connectivity index (χ1n) is 5.34. The zero-order valence-corrected chi connectivity index (χ0v) is 10.8. The molecule has 4 N–H and O–H groups in total. The van der Waals surface area contributed by atoms with Gasteiger partial charge in [0.25, 0.3) is 0 Å². The van der Waals surface area contributed by atoms with Crippen LogP contribution in [0.4, 0.5) is 5.69 Å². The summed E-state index contributed by atoms with van der Waals surface area (Å²) >= 11 is 0. The molecule has 1 aromatic carbocycles. The van der Waals surface area contributed by atoms with E-state index in [0.717, 1.165) is 0 Å². The lowest BCUT2D eigenvalue weighted by Crippen LogP contribution is -2.30. The zero-order valence-electron chi connectivity index (χ0n) is 9.97. The predicted molar refractivity (Wildman–Crippen MR) is 67.0 cm³/mol. The predicted octanol–water partition coefficient (Wildman–Crippen LogP) is 0.484. The summed E-state index contributed by atoms with van der Waals surface area (Å²) in [6.45, 7) is 3.57. The van der Waals surface area contributed by atoms with E-state index < -0.39 is 10.0 Å². The molecule has 96 valence electrons. The minimum Gasteiger partial charge on any atom is -0.398 e. The minimum atomic E-state index is -3.61. The molecule has 0 aliphatic heterocycles. The number of anilines is 1. The minimum absolute atomic E-state index is 0.0637. The van der Waals surface area contributed by atoms with E-state index in [-0.39, 0.29) is 29.7 Å². The number of sulfonamides is 1. The van der Waals surface area contributed by atoms with E-state index in [9.17, 15) is 8.42 Å². The molecule has 1 unspecified atom stereocenters. The van der Waals surface area contributed by atoms with Crippen LogP contribution in [0.15, 0.2) is 23.1 Å². The Kier molecular flexibility index (Phi) is 4.50. The molecule has 0 fully saturated rings. The molecule has 1 rings (SSSR count). The summed E-state index contributed by atoms with van der Waals surface area (Å²) in [5.41, 5.74) is 6.51. The van der Waals surface area contributed by atoms with Crippen molar-refractivity contribution < 1.29 is 13.5 Å². The molecule has 0 radical (unpaired) electrons. The van der Waals surface area contributed by atoms with Crippen LogP contribution < -0.4 is 10.5 Å². The Hall–Kier alpha value is -1.11. The Morgan fingerprint density at radius 2 is 2.12 bits per heavy atom. The van der Waals surface area contributed by atoms with Crippen LogP contribution in [0.5, 0.6) is 0 Å². The molecule has 6 heteroatoms. The number of aliphatic hydroxyl groups is 1. The van der Waals surface area contributed by atoms with E-state index in [4.69, 9.17) is 10.8 Å². The van der Waals surface area contributed by atoms with Crippen molar-refractivity contribution in [1.82, 2.24) is 4.72 Å². The van der Waals surface area contributed by atoms with Gasteiger partial charge in [-0.3, -0.25) is 0 Å². The molecule has 1 atom stereocenters. The Morgan fingerprint density at radius 3 is 2.65 bits per heavy atom. The van der Waals surface area contributed by atoms with Crippen LogP contribution >= 0.6 is 0 Å². The lowest BCUT2D eigenvalue weighted by Gasteiger charge is -2.13. The first-order chi connectivity index (χ1) is 7.88. The van der Waals surface area contributed by atoms with Crippen molar-refractivity contribution in [3.8, 4) is 0 Å². The van der Waals surface area contributed by atoms with Crippen molar-refractivity contribution in [1.29, 1.82) is 0 Å². The fraction of sp³-hybridized carbons (Fsp3) is 0.455. The largest absolute Gasteiger partial charge is 0.398 e. The van der Waals surface area contributed by atoms with Crippen LogP contribution in [0.2, 0.25) is 0 Å². The molecule has 0 aromatic heterocycles. The van der Waals surface area contributed by atoms with Crippen molar-refractivity contribution in [2.75, 3.05) is 18.9 Å². The third kappa shape index (κ3) is 3.42. The number of hydrogen-bond acceptors (Lipinski definition) is 4. The van der Waals surface area contributed by atoms with Crippen molar-refractivity contribution in [3.63, 3.8) is 0 Å². The van der Waals surface area contributed by atoms with Gasteiger partial charge >= 0.3 is 0 Å². The summed E-state index contributed by atoms with van der Waals surface area (Å²) in [6.07, 6.45) is 0. The number of nitrogens with two attached hydrogens (primary N) is 1. The van der Waals surface area contributed by atoms with Crippen LogP contribution in [0.25, 0.3) is 0 Å². The number of aryl methyl sites for hydroxylation is 1. The summed E-state index contributed by atoms with van der Waals surface area (Å²) < 4.78 is 26.5. The monoisotopic (exact) mass is 258 g/mol. The number of nitrogen functional groups attached to an aromatic ring is 1. The van der Waals surface area contributed by atoms with E-state index >= 15 is 0 Å². The van der Waals surface area contributed by atoms with Crippen LogP contribution in [-0.2, 0) is 10.0 Å². The molecule has 0 saturated carbocycles. The van der Waals surface area contributed by atoms with Crippen molar-refractivity contribution in [2.45, 2.75) is 18.7 Å². The normalized spacial score (nSPS) is 13.6. The van der Waals surface area contributed by atoms with E-state index in [2.05, 4.69) is 4.72 Å². The highest BCUT2D eigenvalue weighted by atomic mass is 32.2. The lowest BCUT2D eigenvalue weighted by atomic mass is 10.2. The average Bonchev–Trinajstić information content (AvgIpc) is 2.25. The SMILES string of the molecule is Cc1cccc(N)c1S(=O)(=O)NCC(C)CO. The summed E-state index contributed by atoms with van der Waals surface area (Å²) in [6, 6.07) is 4.96. The molecule has 0 spiro atoms. The number of hydrogen-bond donors (Lipinski definition) is 3. The van der Waals surface area contributed by atoms with Crippen LogP contribution in [0.1, 0.15) is 12.5 Å². The molecule has 0 bridgehead atoms. The lowest BCUT2D eigenvalue weighted by molar-refractivity contribution is 0.238. The second-order valence-electron chi connectivity index (χ2n) is 4.13. The summed E-state index contributed by atoms with van der Waals surface area (Å²) in [4.78, 5) is 0.116. The fourth-order valence-electron chi connectivity index (χ4n) is 1.43. The molecule has 0 heterocycles. The standard InChI is InChI=1S/C11H18N2O3S/c1-8(7-14)6-13-17(15,16)11-9(2)4-3-5-10(11)12/h3-5,8,13-14H,6-7,12H2,1-2H3. The van der Waals surface area contributed by atoms with Crippen molar-refractivity contribution in [3.05, 3.63) is 23.8 Å². The molecular weight excluding hydrogens is 240 g/mol. The van der Waals surface area contributed by atoms with Crippen molar-refractivity contribution >= 4 is 15.7 Å². The van der Waals surface area contributed by atoms with Gasteiger partial charge in [-0.05, 0) is 24.5 Å². The van der Waals surface area contributed by atoms with Crippen LogP contribution in [-0.4, -0.2) is 26.7 Å². The van der Waals surface area contributed by atoms with Gasteiger partial charge in [0.15, 0.2) is 0 Å². The highest BCUT2D eigenvalue weighted by Gasteiger charge is 2.20. The highest BCUT2D eigenvalue weighted by Crippen LogP contribution is 2.21. The van der Waals surface area contributed by atoms with Gasteiger partial charge < -0.3 is 10.8 Å². The molecule has 0 aliphatic rings. The maximum atomic E-state index is 12.0. The molecular formula is C11H18N2O3S. The van der Waals surface area contributed by atoms with E-state index in [1.165, 1.54) is 0 Å². The van der Waals surface area contributed by atoms with E-state index in [0.29, 0.717) is 5.56 Å². The number of rotatable bonds is 5. The smallest absolute Gasteiger partial charge is 0.242 e. The highest BCUT2D eigenvalue weighted by molar-refractivity contribution is 7.89. The van der Waals surface area contributed by atoms with Gasteiger partial charge in [0.1, 0.15) is 4.90 Å². The van der Waals surface area contributed by atoms with Crippen LogP contribution in [0, 0.1) is 12.8 Å². The zero-order chi connectivity index (χ0) is 13.1. The fourth-order valence-corrected chi connectivity index (χ4v) is 2.95. The first kappa shape index (κ1) is 14.0. The van der Waals surface area contributed by atoms with E-state index in [1.54, 1.807) is 32.0 Å². The number of benzene rings is 1. The van der Waals surface area contributed by atoms with Gasteiger partial charge in [-0.1, -0.05) is 19.1 Å². The molecule has 0 saturated heterocycles. The maximum Gasteiger partial charge on any atom is 0.242 e. The van der Waals surface area contributed by atoms with E-state index in [1.807, 2.05) is 0 Å².